The molecule has 0 spiro atoms. The van der Waals surface area contributed by atoms with Crippen LogP contribution >= 0.6 is 0 Å². The Morgan fingerprint density at radius 2 is 2.00 bits per heavy atom. The Hall–Kier alpha value is -2.16. The summed E-state index contributed by atoms with van der Waals surface area (Å²) >= 11 is 0. The molecule has 1 heterocycles. The second-order valence-corrected chi connectivity index (χ2v) is 5.02. The Morgan fingerprint density at radius 1 is 1.25 bits per heavy atom. The van der Waals surface area contributed by atoms with E-state index in [0.29, 0.717) is 6.42 Å². The van der Waals surface area contributed by atoms with Gasteiger partial charge in [-0.05, 0) is 26.8 Å². The Bertz CT molecular complexity index is 647. The lowest BCUT2D eigenvalue weighted by Gasteiger charge is -2.12. The number of aromatic nitrogens is 1. The Labute approximate surface area is 119 Å². The molecule has 0 aliphatic carbocycles. The van der Waals surface area contributed by atoms with E-state index in [1.807, 2.05) is 45.0 Å². The van der Waals surface area contributed by atoms with Gasteiger partial charge < -0.3 is 4.74 Å². The maximum atomic E-state index is 12.3. The van der Waals surface area contributed by atoms with Crippen LogP contribution in [0.3, 0.4) is 0 Å². The van der Waals surface area contributed by atoms with Crippen LogP contribution in [0.5, 0.6) is 5.75 Å². The number of rotatable bonds is 4. The number of aryl methyl sites for hydroxylation is 2. The topological polar surface area (TPSA) is 39.2 Å². The Morgan fingerprint density at radius 3 is 2.65 bits per heavy atom. The molecular weight excluding hydrogens is 250 g/mol. The molecular formula is C17H19NO2. The number of pyridine rings is 1. The minimum absolute atomic E-state index is 0.0789. The number of hydrogen-bond donors (Lipinski definition) is 0. The van der Waals surface area contributed by atoms with Gasteiger partial charge in [-0.2, -0.15) is 0 Å². The number of carbonyl (C=O) groups excluding carboxylic acids is 1. The van der Waals surface area contributed by atoms with Crippen molar-refractivity contribution >= 4 is 5.78 Å². The fourth-order valence-electron chi connectivity index (χ4n) is 2.32. The summed E-state index contributed by atoms with van der Waals surface area (Å²) in [6.45, 7) is 5.87. The quantitative estimate of drug-likeness (QED) is 0.798. The summed E-state index contributed by atoms with van der Waals surface area (Å²) in [5, 5.41) is 0. The minimum Gasteiger partial charge on any atom is -0.496 e. The molecule has 0 saturated heterocycles. The molecule has 0 amide bonds. The van der Waals surface area contributed by atoms with Gasteiger partial charge in [0.25, 0.3) is 0 Å². The lowest BCUT2D eigenvalue weighted by atomic mass is 10.0. The third-order valence-corrected chi connectivity index (χ3v) is 3.42. The van der Waals surface area contributed by atoms with Crippen molar-refractivity contribution in [2.24, 2.45) is 0 Å². The maximum Gasteiger partial charge on any atom is 0.168 e. The van der Waals surface area contributed by atoms with Gasteiger partial charge in [-0.15, -0.1) is 0 Å². The summed E-state index contributed by atoms with van der Waals surface area (Å²) in [7, 11) is 1.64. The summed E-state index contributed by atoms with van der Waals surface area (Å²) in [6, 6.07) is 7.63. The third kappa shape index (κ3) is 2.87. The number of nitrogens with zero attached hydrogens (tertiary/aromatic N) is 1. The molecule has 0 N–H and O–H groups in total. The summed E-state index contributed by atoms with van der Waals surface area (Å²) in [5.41, 5.74) is 4.51. The molecule has 0 saturated carbocycles. The average molecular weight is 269 g/mol. The van der Waals surface area contributed by atoms with Crippen LogP contribution in [-0.4, -0.2) is 17.9 Å². The number of Topliss-reactive ketones (excluding diaryl/α,β-unsaturated/α-hetero) is 1. The lowest BCUT2D eigenvalue weighted by molar-refractivity contribution is 0.0991. The predicted octanol–water partition coefficient (Wildman–Crippen LogP) is 3.44. The molecule has 0 radical (unpaired) electrons. The molecule has 1 aromatic heterocycles. The van der Waals surface area contributed by atoms with Crippen LogP contribution in [-0.2, 0) is 6.42 Å². The number of hydrogen-bond acceptors (Lipinski definition) is 3. The van der Waals surface area contributed by atoms with E-state index in [2.05, 4.69) is 4.98 Å². The van der Waals surface area contributed by atoms with Crippen molar-refractivity contribution in [1.29, 1.82) is 0 Å². The molecule has 0 unspecified atom stereocenters. The van der Waals surface area contributed by atoms with E-state index in [4.69, 9.17) is 4.74 Å². The lowest BCUT2D eigenvalue weighted by Crippen LogP contribution is -2.08. The fraction of sp³-hybridized carbons (Fsp3) is 0.294. The first-order valence-corrected chi connectivity index (χ1v) is 6.62. The molecule has 0 fully saturated rings. The van der Waals surface area contributed by atoms with E-state index < -0.39 is 0 Å². The van der Waals surface area contributed by atoms with Gasteiger partial charge in [0.2, 0.25) is 0 Å². The van der Waals surface area contributed by atoms with Gasteiger partial charge in [-0.25, -0.2) is 0 Å². The molecule has 0 aliphatic rings. The smallest absolute Gasteiger partial charge is 0.168 e. The predicted molar refractivity (Wildman–Crippen MR) is 79.5 cm³/mol. The highest BCUT2D eigenvalue weighted by Crippen LogP contribution is 2.24. The molecule has 0 bridgehead atoms. The van der Waals surface area contributed by atoms with E-state index >= 15 is 0 Å². The molecule has 2 aromatic rings. The monoisotopic (exact) mass is 269 g/mol. The van der Waals surface area contributed by atoms with Gasteiger partial charge in [0.15, 0.2) is 5.78 Å². The van der Waals surface area contributed by atoms with E-state index in [-0.39, 0.29) is 5.78 Å². The largest absolute Gasteiger partial charge is 0.496 e. The zero-order valence-electron chi connectivity index (χ0n) is 12.4. The van der Waals surface area contributed by atoms with Crippen LogP contribution in [0, 0.1) is 20.8 Å². The van der Waals surface area contributed by atoms with Gasteiger partial charge >= 0.3 is 0 Å². The summed E-state index contributed by atoms with van der Waals surface area (Å²) < 4.78 is 5.37. The van der Waals surface area contributed by atoms with Crippen LogP contribution in [0.15, 0.2) is 30.5 Å². The average Bonchev–Trinajstić information content (AvgIpc) is 2.42. The van der Waals surface area contributed by atoms with Gasteiger partial charge in [-0.1, -0.05) is 23.8 Å². The van der Waals surface area contributed by atoms with Crippen molar-refractivity contribution in [2.45, 2.75) is 27.2 Å². The number of ether oxygens (including phenoxy) is 1. The normalized spacial score (nSPS) is 10.4. The first-order valence-electron chi connectivity index (χ1n) is 6.62. The van der Waals surface area contributed by atoms with Gasteiger partial charge in [-0.3, -0.25) is 9.78 Å². The molecule has 20 heavy (non-hydrogen) atoms. The van der Waals surface area contributed by atoms with Crippen LogP contribution in [0.25, 0.3) is 0 Å². The van der Waals surface area contributed by atoms with Crippen molar-refractivity contribution in [3.8, 4) is 5.75 Å². The van der Waals surface area contributed by atoms with Crippen LogP contribution in [0.1, 0.15) is 32.7 Å². The van der Waals surface area contributed by atoms with Crippen molar-refractivity contribution in [1.82, 2.24) is 4.98 Å². The first kappa shape index (κ1) is 14.3. The molecule has 3 nitrogen and oxygen atoms in total. The van der Waals surface area contributed by atoms with E-state index in [1.54, 1.807) is 13.3 Å². The Balaban J connectivity index is 2.29. The van der Waals surface area contributed by atoms with Gasteiger partial charge in [0, 0.05) is 22.9 Å². The minimum atomic E-state index is 0.0789. The molecule has 3 heteroatoms. The van der Waals surface area contributed by atoms with Crippen molar-refractivity contribution in [3.05, 3.63) is 58.4 Å². The summed E-state index contributed by atoms with van der Waals surface area (Å²) in [6.07, 6.45) is 2.05. The third-order valence-electron chi connectivity index (χ3n) is 3.42. The summed E-state index contributed by atoms with van der Waals surface area (Å²) in [4.78, 5) is 16.7. The molecule has 1 aromatic carbocycles. The zero-order chi connectivity index (χ0) is 14.7. The van der Waals surface area contributed by atoms with E-state index in [1.165, 1.54) is 0 Å². The SMILES string of the molecule is COc1c(C)cnc(CC(=O)c2cccc(C)c2)c1C. The molecule has 0 atom stereocenters. The van der Waals surface area contributed by atoms with Crippen LogP contribution in [0.4, 0.5) is 0 Å². The number of methoxy groups -OCH3 is 1. The van der Waals surface area contributed by atoms with Crippen LogP contribution < -0.4 is 4.74 Å². The molecule has 0 aliphatic heterocycles. The highest BCUT2D eigenvalue weighted by Gasteiger charge is 2.14. The highest BCUT2D eigenvalue weighted by molar-refractivity contribution is 5.97. The highest BCUT2D eigenvalue weighted by atomic mass is 16.5. The maximum absolute atomic E-state index is 12.3. The number of benzene rings is 1. The van der Waals surface area contributed by atoms with Crippen molar-refractivity contribution in [3.63, 3.8) is 0 Å². The van der Waals surface area contributed by atoms with Crippen molar-refractivity contribution in [2.75, 3.05) is 7.11 Å². The van der Waals surface area contributed by atoms with Crippen LogP contribution in [0.2, 0.25) is 0 Å². The molecule has 104 valence electrons. The number of carbonyl (C=O) groups is 1. The standard InChI is InChI=1S/C17H19NO2/c1-11-6-5-7-14(8-11)16(19)9-15-13(3)17(20-4)12(2)10-18-15/h5-8,10H,9H2,1-4H3. The van der Waals surface area contributed by atoms with Gasteiger partial charge in [0.1, 0.15) is 5.75 Å². The second kappa shape index (κ2) is 5.87. The Kier molecular flexibility index (Phi) is 4.18. The van der Waals surface area contributed by atoms with Gasteiger partial charge in [0.05, 0.1) is 19.2 Å². The number of ketones is 1. The van der Waals surface area contributed by atoms with E-state index in [9.17, 15) is 4.79 Å². The fourth-order valence-corrected chi connectivity index (χ4v) is 2.32. The van der Waals surface area contributed by atoms with E-state index in [0.717, 1.165) is 33.7 Å². The summed E-state index contributed by atoms with van der Waals surface area (Å²) in [5.74, 6) is 0.891. The first-order chi connectivity index (χ1) is 9.52. The van der Waals surface area contributed by atoms with Crippen molar-refractivity contribution < 1.29 is 9.53 Å². The zero-order valence-corrected chi connectivity index (χ0v) is 12.4. The molecule has 2 rings (SSSR count). The second-order valence-electron chi connectivity index (χ2n) is 5.02.